The molecule has 0 saturated heterocycles. The van der Waals surface area contributed by atoms with Crippen LogP contribution in [-0.2, 0) is 9.47 Å². The minimum Gasteiger partial charge on any atom is -0.347 e. The number of rotatable bonds is 6. The van der Waals surface area contributed by atoms with Crippen LogP contribution < -0.4 is 0 Å². The lowest BCUT2D eigenvalue weighted by molar-refractivity contribution is -0.142. The Morgan fingerprint density at radius 3 is 2.58 bits per heavy atom. The number of hydrogen-bond acceptors (Lipinski definition) is 4. The highest BCUT2D eigenvalue weighted by molar-refractivity contribution is 5.94. The summed E-state index contributed by atoms with van der Waals surface area (Å²) in [7, 11) is 0. The van der Waals surface area contributed by atoms with Crippen molar-refractivity contribution >= 4 is 11.4 Å². The number of Topliss-reactive ketones (excluding diaryl/α,β-unsaturated/α-hetero) is 1. The quantitative estimate of drug-likeness (QED) is 0.593. The second kappa shape index (κ2) is 5.95. The van der Waals surface area contributed by atoms with Crippen LogP contribution in [0, 0.1) is 0 Å². The van der Waals surface area contributed by atoms with E-state index in [1.807, 2.05) is 38.2 Å². The van der Waals surface area contributed by atoms with Gasteiger partial charge in [0.05, 0.1) is 0 Å². The molecular formula is C14H18N2O3. The largest absolute Gasteiger partial charge is 0.347 e. The van der Waals surface area contributed by atoms with Crippen LogP contribution in [0.25, 0.3) is 5.65 Å². The molecule has 102 valence electrons. The zero-order valence-electron chi connectivity index (χ0n) is 11.4. The molecule has 0 aliphatic heterocycles. The Labute approximate surface area is 112 Å². The van der Waals surface area contributed by atoms with Crippen molar-refractivity contribution in [2.45, 2.75) is 27.1 Å². The van der Waals surface area contributed by atoms with Crippen molar-refractivity contribution in [3.63, 3.8) is 0 Å². The summed E-state index contributed by atoms with van der Waals surface area (Å²) in [5, 5.41) is 0. The van der Waals surface area contributed by atoms with Crippen LogP contribution in [0.15, 0.2) is 24.4 Å². The molecule has 0 aliphatic carbocycles. The number of imidazole rings is 1. The number of ketones is 1. The topological polar surface area (TPSA) is 52.8 Å². The predicted octanol–water partition coefficient (Wildman–Crippen LogP) is 2.61. The van der Waals surface area contributed by atoms with E-state index in [0.29, 0.717) is 30.2 Å². The van der Waals surface area contributed by atoms with Gasteiger partial charge in [0.1, 0.15) is 17.0 Å². The van der Waals surface area contributed by atoms with Gasteiger partial charge in [-0.05, 0) is 26.0 Å². The van der Waals surface area contributed by atoms with Gasteiger partial charge >= 0.3 is 0 Å². The summed E-state index contributed by atoms with van der Waals surface area (Å²) in [5.41, 5.74) is 1.78. The van der Waals surface area contributed by atoms with E-state index >= 15 is 0 Å². The molecular weight excluding hydrogens is 244 g/mol. The molecule has 0 amide bonds. The minimum atomic E-state index is -0.603. The summed E-state index contributed by atoms with van der Waals surface area (Å²) >= 11 is 0. The summed E-state index contributed by atoms with van der Waals surface area (Å²) in [6.45, 7) is 6.28. The minimum absolute atomic E-state index is 0.0573. The average molecular weight is 262 g/mol. The molecule has 19 heavy (non-hydrogen) atoms. The highest BCUT2D eigenvalue weighted by atomic mass is 16.7. The first-order chi connectivity index (χ1) is 9.19. The zero-order valence-corrected chi connectivity index (χ0v) is 11.4. The highest BCUT2D eigenvalue weighted by Crippen LogP contribution is 2.24. The van der Waals surface area contributed by atoms with Crippen LogP contribution in [0.4, 0.5) is 0 Å². The Morgan fingerprint density at radius 1 is 1.32 bits per heavy atom. The monoisotopic (exact) mass is 262 g/mol. The molecule has 0 fully saturated rings. The van der Waals surface area contributed by atoms with E-state index in [1.54, 1.807) is 4.40 Å². The van der Waals surface area contributed by atoms with Gasteiger partial charge in [0.25, 0.3) is 0 Å². The Morgan fingerprint density at radius 2 is 2.00 bits per heavy atom. The zero-order chi connectivity index (χ0) is 13.8. The summed E-state index contributed by atoms with van der Waals surface area (Å²) in [6.07, 6.45) is 1.21. The van der Waals surface area contributed by atoms with Gasteiger partial charge in [0.15, 0.2) is 5.78 Å². The molecule has 5 heteroatoms. The average Bonchev–Trinajstić information content (AvgIpc) is 2.77. The van der Waals surface area contributed by atoms with Gasteiger partial charge < -0.3 is 9.47 Å². The van der Waals surface area contributed by atoms with Gasteiger partial charge in [-0.2, -0.15) is 0 Å². The molecule has 0 saturated carbocycles. The van der Waals surface area contributed by atoms with Gasteiger partial charge in [0, 0.05) is 26.3 Å². The lowest BCUT2D eigenvalue weighted by Gasteiger charge is -2.15. The van der Waals surface area contributed by atoms with Crippen LogP contribution in [0.3, 0.4) is 0 Å². The fraction of sp³-hybridized carbons (Fsp3) is 0.429. The third-order valence-corrected chi connectivity index (χ3v) is 2.75. The number of carbonyl (C=O) groups is 1. The smallest absolute Gasteiger partial charge is 0.203 e. The maximum Gasteiger partial charge on any atom is 0.203 e. The normalized spacial score (nSPS) is 11.4. The Balaban J connectivity index is 2.56. The van der Waals surface area contributed by atoms with Gasteiger partial charge in [-0.15, -0.1) is 0 Å². The molecule has 0 aliphatic rings. The number of hydrogen-bond donors (Lipinski definition) is 0. The van der Waals surface area contributed by atoms with Crippen LogP contribution >= 0.6 is 0 Å². The third kappa shape index (κ3) is 2.67. The maximum absolute atomic E-state index is 11.9. The van der Waals surface area contributed by atoms with Gasteiger partial charge in [-0.3, -0.25) is 9.20 Å². The Bertz CT molecular complexity index is 571. The molecule has 0 spiro atoms. The molecule has 0 bridgehead atoms. The Hall–Kier alpha value is -1.72. The molecule has 2 aromatic heterocycles. The maximum atomic E-state index is 11.9. The second-order valence-corrected chi connectivity index (χ2v) is 4.07. The fourth-order valence-corrected chi connectivity index (χ4v) is 2.04. The number of fused-ring (bicyclic) bond motifs is 1. The number of pyridine rings is 1. The lowest BCUT2D eigenvalue weighted by atomic mass is 10.2. The van der Waals surface area contributed by atoms with Crippen LogP contribution in [-0.4, -0.2) is 28.4 Å². The first-order valence-corrected chi connectivity index (χ1v) is 6.40. The molecule has 0 aromatic carbocycles. The first-order valence-electron chi connectivity index (χ1n) is 6.40. The van der Waals surface area contributed by atoms with E-state index in [9.17, 15) is 4.79 Å². The van der Waals surface area contributed by atoms with Crippen molar-refractivity contribution in [3.05, 3.63) is 35.8 Å². The van der Waals surface area contributed by atoms with Crippen LogP contribution in [0.1, 0.15) is 43.2 Å². The van der Waals surface area contributed by atoms with Crippen LogP contribution in [0.2, 0.25) is 0 Å². The molecule has 0 radical (unpaired) electrons. The Kier molecular flexibility index (Phi) is 4.29. The van der Waals surface area contributed by atoms with E-state index in [2.05, 4.69) is 4.98 Å². The standard InChI is InChI=1S/C14H18N2O3/c1-4-18-14(19-5-2)12-13(10(3)17)16-9-7-6-8-11(16)15-12/h6-9,14H,4-5H2,1-3H3. The summed E-state index contributed by atoms with van der Waals surface area (Å²) in [4.78, 5) is 16.3. The highest BCUT2D eigenvalue weighted by Gasteiger charge is 2.24. The number of carbonyl (C=O) groups excluding carboxylic acids is 1. The SMILES string of the molecule is CCOC(OCC)c1nc2ccccn2c1C(C)=O. The molecule has 0 N–H and O–H groups in total. The van der Waals surface area contributed by atoms with Crippen molar-refractivity contribution in [1.29, 1.82) is 0 Å². The summed E-state index contributed by atoms with van der Waals surface area (Å²) in [5.74, 6) is -0.0573. The first kappa shape index (κ1) is 13.7. The van der Waals surface area contributed by atoms with E-state index in [0.717, 1.165) is 0 Å². The van der Waals surface area contributed by atoms with E-state index in [1.165, 1.54) is 6.92 Å². The second-order valence-electron chi connectivity index (χ2n) is 4.07. The molecule has 2 rings (SSSR count). The summed E-state index contributed by atoms with van der Waals surface area (Å²) < 4.78 is 12.8. The molecule has 0 unspecified atom stereocenters. The van der Waals surface area contributed by atoms with E-state index in [-0.39, 0.29) is 5.78 Å². The number of aromatic nitrogens is 2. The van der Waals surface area contributed by atoms with E-state index < -0.39 is 6.29 Å². The predicted molar refractivity (Wildman–Crippen MR) is 71.2 cm³/mol. The van der Waals surface area contributed by atoms with Crippen molar-refractivity contribution < 1.29 is 14.3 Å². The molecule has 0 atom stereocenters. The molecule has 2 aromatic rings. The van der Waals surface area contributed by atoms with Gasteiger partial charge in [0.2, 0.25) is 6.29 Å². The number of ether oxygens (including phenoxy) is 2. The third-order valence-electron chi connectivity index (χ3n) is 2.75. The van der Waals surface area contributed by atoms with Crippen LogP contribution in [0.5, 0.6) is 0 Å². The van der Waals surface area contributed by atoms with Crippen molar-refractivity contribution in [1.82, 2.24) is 9.38 Å². The van der Waals surface area contributed by atoms with E-state index in [4.69, 9.17) is 9.47 Å². The van der Waals surface area contributed by atoms with Crippen molar-refractivity contribution in [3.8, 4) is 0 Å². The molecule has 2 heterocycles. The van der Waals surface area contributed by atoms with Crippen molar-refractivity contribution in [2.24, 2.45) is 0 Å². The number of nitrogens with zero attached hydrogens (tertiary/aromatic N) is 2. The lowest BCUT2D eigenvalue weighted by Crippen LogP contribution is -2.13. The van der Waals surface area contributed by atoms with Gasteiger partial charge in [-0.25, -0.2) is 4.98 Å². The van der Waals surface area contributed by atoms with Crippen molar-refractivity contribution in [2.75, 3.05) is 13.2 Å². The van der Waals surface area contributed by atoms with Gasteiger partial charge in [-0.1, -0.05) is 6.07 Å². The fourth-order valence-electron chi connectivity index (χ4n) is 2.04. The summed E-state index contributed by atoms with van der Waals surface area (Å²) in [6, 6.07) is 5.60. The molecule has 5 nitrogen and oxygen atoms in total.